The quantitative estimate of drug-likeness (QED) is 0.249. The summed E-state index contributed by atoms with van der Waals surface area (Å²) in [7, 11) is -1.98. The van der Waals surface area contributed by atoms with Crippen LogP contribution in [0.15, 0.2) is 71.8 Å². The van der Waals surface area contributed by atoms with Crippen molar-refractivity contribution in [3.8, 4) is 0 Å². The van der Waals surface area contributed by atoms with Gasteiger partial charge in [0.05, 0.1) is 16.3 Å². The van der Waals surface area contributed by atoms with Gasteiger partial charge in [-0.15, -0.1) is 0 Å². The van der Waals surface area contributed by atoms with Crippen molar-refractivity contribution in [1.29, 1.82) is 0 Å². The monoisotopic (exact) mass is 656 g/mol. The van der Waals surface area contributed by atoms with Crippen LogP contribution >= 0.6 is 0 Å². The van der Waals surface area contributed by atoms with E-state index in [2.05, 4.69) is 15.6 Å². The molecule has 4 bridgehead atoms. The summed E-state index contributed by atoms with van der Waals surface area (Å²) in [6, 6.07) is 16.4. The van der Waals surface area contributed by atoms with E-state index in [1.54, 1.807) is 43.4 Å². The van der Waals surface area contributed by atoms with Crippen molar-refractivity contribution < 1.29 is 22.4 Å². The zero-order valence-corrected chi connectivity index (χ0v) is 26.9. The van der Waals surface area contributed by atoms with Gasteiger partial charge in [-0.1, -0.05) is 24.3 Å². The highest BCUT2D eigenvalue weighted by molar-refractivity contribution is 7.92. The van der Waals surface area contributed by atoms with E-state index in [4.69, 9.17) is 5.73 Å². The number of nitrogens with zero attached hydrogens (tertiary/aromatic N) is 3. The molecule has 2 aliphatic carbocycles. The van der Waals surface area contributed by atoms with E-state index >= 15 is 0 Å². The van der Waals surface area contributed by atoms with E-state index in [9.17, 15) is 22.4 Å². The summed E-state index contributed by atoms with van der Waals surface area (Å²) in [5.41, 5.74) is 9.02. The molecule has 4 aromatic rings. The minimum atomic E-state index is -3.61. The van der Waals surface area contributed by atoms with Crippen molar-refractivity contribution in [1.82, 2.24) is 14.8 Å². The molecule has 4 N–H and O–H groups in total. The lowest BCUT2D eigenvalue weighted by Gasteiger charge is -2.27. The largest absolute Gasteiger partial charge is 0.383 e. The van der Waals surface area contributed by atoms with E-state index in [0.717, 1.165) is 24.6 Å². The van der Waals surface area contributed by atoms with Gasteiger partial charge in [0.1, 0.15) is 17.7 Å². The number of urea groups is 1. The topological polar surface area (TPSA) is 138 Å². The second-order valence-corrected chi connectivity index (χ2v) is 15.1. The Labute approximate surface area is 273 Å². The Balaban J connectivity index is 1.30. The standard InChI is InChI=1S/C35H37FN6O4S/c1-41-20-24-16-25(8-12-31(24)47(45,46)27-9-10-27)40-35(44)42(19-22-5-6-22)14-13-21-3-2-4-23(15-21)32(34(41)43)39-26-7-11-28-29(17-26)30(36)18-38-33(28)37/h2-4,7-8,11-12,15-18,22,27,32,39H,5-6,9-10,13-14,19-20H2,1H3,(H2,37,38)(H,40,44). The minimum absolute atomic E-state index is 0.0119. The highest BCUT2D eigenvalue weighted by Crippen LogP contribution is 2.37. The Morgan fingerprint density at radius 2 is 1.83 bits per heavy atom. The first-order valence-electron chi connectivity index (χ1n) is 15.9. The molecule has 2 saturated carbocycles. The fourth-order valence-corrected chi connectivity index (χ4v) is 8.09. The number of amides is 3. The number of carbonyl (C=O) groups excluding carboxylic acids is 2. The number of rotatable bonds is 6. The molecule has 12 heteroatoms. The molecule has 1 aromatic heterocycles. The van der Waals surface area contributed by atoms with Gasteiger partial charge in [0.15, 0.2) is 9.84 Å². The molecule has 0 radical (unpaired) electrons. The Bertz CT molecular complexity index is 2000. The van der Waals surface area contributed by atoms with Crippen molar-refractivity contribution >= 4 is 49.7 Å². The van der Waals surface area contributed by atoms with Crippen molar-refractivity contribution in [2.24, 2.45) is 5.92 Å². The first-order chi connectivity index (χ1) is 22.6. The molecule has 244 valence electrons. The maximum atomic E-state index is 14.8. The van der Waals surface area contributed by atoms with Crippen molar-refractivity contribution in [2.75, 3.05) is 36.5 Å². The van der Waals surface area contributed by atoms with Crippen LogP contribution < -0.4 is 16.4 Å². The Hall–Kier alpha value is -4.71. The van der Waals surface area contributed by atoms with Gasteiger partial charge in [-0.2, -0.15) is 0 Å². The zero-order valence-electron chi connectivity index (χ0n) is 26.1. The smallest absolute Gasteiger partial charge is 0.321 e. The van der Waals surface area contributed by atoms with E-state index < -0.39 is 26.9 Å². The number of nitrogens with two attached hydrogens (primary N) is 1. The number of nitrogens with one attached hydrogen (secondary N) is 2. The number of halogens is 1. The van der Waals surface area contributed by atoms with Crippen LogP contribution in [-0.4, -0.2) is 60.5 Å². The van der Waals surface area contributed by atoms with Crippen LogP contribution in [-0.2, 0) is 27.6 Å². The van der Waals surface area contributed by atoms with E-state index in [1.165, 1.54) is 4.90 Å². The predicted molar refractivity (Wildman–Crippen MR) is 179 cm³/mol. The first-order valence-corrected chi connectivity index (χ1v) is 17.5. The number of fused-ring (bicyclic) bond motifs is 5. The summed E-state index contributed by atoms with van der Waals surface area (Å²) in [5.74, 6) is -0.179. The number of hydrogen-bond donors (Lipinski definition) is 3. The molecule has 1 atom stereocenters. The van der Waals surface area contributed by atoms with Gasteiger partial charge in [-0.3, -0.25) is 4.79 Å². The normalized spacial score (nSPS) is 19.2. The third kappa shape index (κ3) is 6.47. The molecular formula is C35H37FN6O4S. The summed E-state index contributed by atoms with van der Waals surface area (Å²) in [5, 5.41) is 6.60. The Morgan fingerprint density at radius 3 is 2.60 bits per heavy atom. The average molecular weight is 657 g/mol. The third-order valence-corrected chi connectivity index (χ3v) is 11.6. The predicted octanol–water partition coefficient (Wildman–Crippen LogP) is 5.50. The number of likely N-dealkylation sites (N-methyl/N-ethyl adjacent to an activating group) is 1. The maximum absolute atomic E-state index is 14.8. The molecule has 47 heavy (non-hydrogen) atoms. The van der Waals surface area contributed by atoms with E-state index in [1.807, 2.05) is 29.2 Å². The van der Waals surface area contributed by atoms with Gasteiger partial charge in [0.25, 0.3) is 0 Å². The number of aromatic nitrogens is 1. The molecule has 2 fully saturated rings. The molecule has 3 aromatic carbocycles. The minimum Gasteiger partial charge on any atom is -0.383 e. The van der Waals surface area contributed by atoms with Crippen LogP contribution in [0.25, 0.3) is 10.8 Å². The molecule has 0 saturated heterocycles. The second-order valence-electron chi connectivity index (χ2n) is 12.9. The maximum Gasteiger partial charge on any atom is 0.321 e. The van der Waals surface area contributed by atoms with Gasteiger partial charge >= 0.3 is 6.03 Å². The molecule has 1 unspecified atom stereocenters. The van der Waals surface area contributed by atoms with Gasteiger partial charge in [0, 0.05) is 48.8 Å². The molecular weight excluding hydrogens is 619 g/mol. The van der Waals surface area contributed by atoms with Crippen molar-refractivity contribution in [2.45, 2.75) is 54.8 Å². The summed E-state index contributed by atoms with van der Waals surface area (Å²) >= 11 is 0. The van der Waals surface area contributed by atoms with Crippen LogP contribution in [0.2, 0.25) is 0 Å². The van der Waals surface area contributed by atoms with Crippen LogP contribution in [0.4, 0.5) is 26.4 Å². The van der Waals surface area contributed by atoms with Crippen LogP contribution in [0.5, 0.6) is 0 Å². The zero-order chi connectivity index (χ0) is 32.9. The number of hydrogen-bond acceptors (Lipinski definition) is 7. The number of sulfone groups is 1. The van der Waals surface area contributed by atoms with Gasteiger partial charge < -0.3 is 26.2 Å². The van der Waals surface area contributed by atoms with Crippen molar-refractivity contribution in [3.05, 3.63) is 89.4 Å². The number of pyridine rings is 1. The number of benzene rings is 3. The van der Waals surface area contributed by atoms with Crippen LogP contribution in [0.3, 0.4) is 0 Å². The fourth-order valence-electron chi connectivity index (χ4n) is 6.23. The fraction of sp³-hybridized carbons (Fsp3) is 0.343. The Morgan fingerprint density at radius 1 is 1.02 bits per heavy atom. The Kier molecular flexibility index (Phi) is 7.99. The van der Waals surface area contributed by atoms with Gasteiger partial charge in [0.2, 0.25) is 5.91 Å². The lowest BCUT2D eigenvalue weighted by Crippen LogP contribution is -2.38. The van der Waals surface area contributed by atoms with Gasteiger partial charge in [-0.25, -0.2) is 22.6 Å². The average Bonchev–Trinajstić information content (AvgIpc) is 3.98. The molecule has 0 spiro atoms. The third-order valence-electron chi connectivity index (χ3n) is 9.21. The molecule has 1 aliphatic heterocycles. The lowest BCUT2D eigenvalue weighted by atomic mass is 10.00. The highest BCUT2D eigenvalue weighted by atomic mass is 32.2. The number of nitrogen functional groups attached to an aromatic ring is 1. The van der Waals surface area contributed by atoms with E-state index in [0.29, 0.717) is 66.2 Å². The molecule has 3 amide bonds. The summed E-state index contributed by atoms with van der Waals surface area (Å²) in [6.45, 7) is 1.09. The SMILES string of the molecule is CN1Cc2cc(ccc2S(=O)(=O)C2CC2)NC(=O)N(CC2CC2)CCc2cccc(c2)C(Nc2ccc3c(N)ncc(F)c3c2)C1=O. The molecule has 3 aliphatic rings. The molecule has 10 nitrogen and oxygen atoms in total. The van der Waals surface area contributed by atoms with Crippen molar-refractivity contribution in [3.63, 3.8) is 0 Å². The highest BCUT2D eigenvalue weighted by Gasteiger charge is 2.39. The van der Waals surface area contributed by atoms with E-state index in [-0.39, 0.29) is 34.6 Å². The first kappa shape index (κ1) is 30.9. The van der Waals surface area contributed by atoms with Gasteiger partial charge in [-0.05, 0) is 91.1 Å². The summed E-state index contributed by atoms with van der Waals surface area (Å²) < 4.78 is 41.8. The van der Waals surface area contributed by atoms with Crippen LogP contribution in [0, 0.1) is 11.7 Å². The number of anilines is 3. The molecule has 2 heterocycles. The summed E-state index contributed by atoms with van der Waals surface area (Å²) in [6.07, 6.45) is 5.01. The summed E-state index contributed by atoms with van der Waals surface area (Å²) in [4.78, 5) is 35.2. The second kappa shape index (κ2) is 12.1. The number of carbonyl (C=O) groups is 2. The molecule has 7 rings (SSSR count). The van der Waals surface area contributed by atoms with Crippen LogP contribution in [0.1, 0.15) is 48.4 Å². The lowest BCUT2D eigenvalue weighted by molar-refractivity contribution is -0.131.